The van der Waals surface area contributed by atoms with Crippen molar-refractivity contribution in [3.8, 4) is 0 Å². The van der Waals surface area contributed by atoms with Gasteiger partial charge in [0.05, 0.1) is 12.1 Å². The molecule has 132 valence electrons. The molecule has 3 rings (SSSR count). The van der Waals surface area contributed by atoms with Crippen molar-refractivity contribution in [2.24, 2.45) is 5.92 Å². The van der Waals surface area contributed by atoms with Crippen molar-refractivity contribution < 1.29 is 4.79 Å². The number of aryl methyl sites for hydroxylation is 2. The summed E-state index contributed by atoms with van der Waals surface area (Å²) in [7, 11) is 0. The molecule has 0 spiro atoms. The summed E-state index contributed by atoms with van der Waals surface area (Å²) < 4.78 is 0. The highest BCUT2D eigenvalue weighted by molar-refractivity contribution is 5.79. The van der Waals surface area contributed by atoms with E-state index in [1.165, 1.54) is 0 Å². The smallest absolute Gasteiger partial charge is 0.253 e. The lowest BCUT2D eigenvalue weighted by Crippen LogP contribution is -2.43. The van der Waals surface area contributed by atoms with E-state index in [1.54, 1.807) is 18.6 Å². The monoisotopic (exact) mass is 341 g/mol. The molecule has 2 N–H and O–H groups in total. The summed E-state index contributed by atoms with van der Waals surface area (Å²) in [5, 5.41) is 2.92. The third-order valence-corrected chi connectivity index (χ3v) is 4.60. The van der Waals surface area contributed by atoms with E-state index in [0.29, 0.717) is 12.1 Å². The third-order valence-electron chi connectivity index (χ3n) is 4.60. The van der Waals surface area contributed by atoms with E-state index in [4.69, 9.17) is 0 Å². The number of anilines is 1. The van der Waals surface area contributed by atoms with Crippen LogP contribution in [0.5, 0.6) is 0 Å². The number of aromatic nitrogens is 3. The van der Waals surface area contributed by atoms with Crippen LogP contribution in [0.2, 0.25) is 0 Å². The molecule has 1 aliphatic heterocycles. The molecule has 1 unspecified atom stereocenters. The number of H-pyrrole nitrogens is 1. The average Bonchev–Trinajstić information content (AvgIpc) is 2.61. The van der Waals surface area contributed by atoms with Crippen LogP contribution in [0, 0.1) is 19.8 Å². The topological polar surface area (TPSA) is 91.0 Å². The Labute approximate surface area is 146 Å². The third kappa shape index (κ3) is 4.04. The first-order chi connectivity index (χ1) is 12.0. The molecular formula is C18H23N5O2. The van der Waals surface area contributed by atoms with Crippen molar-refractivity contribution in [3.05, 3.63) is 51.8 Å². The van der Waals surface area contributed by atoms with Crippen molar-refractivity contribution in [2.45, 2.75) is 33.2 Å². The lowest BCUT2D eigenvalue weighted by atomic mass is 9.97. The Balaban J connectivity index is 1.63. The Kier molecular flexibility index (Phi) is 5.11. The Morgan fingerprint density at radius 1 is 1.40 bits per heavy atom. The fraction of sp³-hybridized carbons (Fsp3) is 0.444. The second kappa shape index (κ2) is 7.46. The molecule has 1 saturated heterocycles. The minimum atomic E-state index is -0.136. The first kappa shape index (κ1) is 17.1. The molecule has 2 aromatic rings. The normalized spacial score (nSPS) is 17.4. The molecule has 0 aliphatic carbocycles. The molecule has 0 bridgehead atoms. The molecule has 0 aromatic carbocycles. The average molecular weight is 341 g/mol. The van der Waals surface area contributed by atoms with E-state index in [9.17, 15) is 9.59 Å². The second-order valence-corrected chi connectivity index (χ2v) is 6.51. The number of amides is 1. The molecule has 7 heteroatoms. The number of piperidine rings is 1. The molecule has 25 heavy (non-hydrogen) atoms. The highest BCUT2D eigenvalue weighted by Crippen LogP contribution is 2.21. The molecule has 3 heterocycles. The minimum absolute atomic E-state index is 0.0204. The Morgan fingerprint density at radius 2 is 2.24 bits per heavy atom. The lowest BCUT2D eigenvalue weighted by Gasteiger charge is -2.32. The summed E-state index contributed by atoms with van der Waals surface area (Å²) >= 11 is 0. The summed E-state index contributed by atoms with van der Waals surface area (Å²) in [4.78, 5) is 37.9. The van der Waals surface area contributed by atoms with E-state index in [2.05, 4.69) is 25.2 Å². The van der Waals surface area contributed by atoms with Crippen LogP contribution in [0.1, 0.15) is 29.7 Å². The van der Waals surface area contributed by atoms with E-state index in [0.717, 1.165) is 36.5 Å². The van der Waals surface area contributed by atoms with E-state index >= 15 is 0 Å². The van der Waals surface area contributed by atoms with Crippen LogP contribution in [-0.2, 0) is 11.3 Å². The molecule has 2 aromatic heterocycles. The molecular weight excluding hydrogens is 318 g/mol. The number of nitrogens with zero attached hydrogens (tertiary/aromatic N) is 3. The predicted octanol–water partition coefficient (Wildman–Crippen LogP) is 1.31. The number of nitrogens with one attached hydrogen (secondary N) is 2. The summed E-state index contributed by atoms with van der Waals surface area (Å²) in [6.07, 6.45) is 6.78. The van der Waals surface area contributed by atoms with Gasteiger partial charge in [-0.15, -0.1) is 0 Å². The number of carbonyl (C=O) groups is 1. The van der Waals surface area contributed by atoms with Gasteiger partial charge in [0.25, 0.3) is 5.56 Å². The summed E-state index contributed by atoms with van der Waals surface area (Å²) in [6, 6.07) is 1.92. The van der Waals surface area contributed by atoms with Crippen molar-refractivity contribution in [2.75, 3.05) is 18.0 Å². The molecule has 1 aliphatic rings. The van der Waals surface area contributed by atoms with Crippen molar-refractivity contribution in [1.82, 2.24) is 20.3 Å². The maximum absolute atomic E-state index is 12.6. The molecule has 1 atom stereocenters. The predicted molar refractivity (Wildman–Crippen MR) is 95.4 cm³/mol. The lowest BCUT2D eigenvalue weighted by molar-refractivity contribution is -0.125. The van der Waals surface area contributed by atoms with Crippen molar-refractivity contribution in [3.63, 3.8) is 0 Å². The number of rotatable bonds is 4. The standard InChI is InChI=1S/C18H23N5O2/c1-12-8-13(2)22-18(25)15(12)9-21-17(24)14-4-3-7-23(11-14)16-10-19-5-6-20-16/h5-6,8,10,14H,3-4,7,9,11H2,1-2H3,(H,21,24)(H,22,25). The van der Waals surface area contributed by atoms with Gasteiger partial charge in [-0.25, -0.2) is 4.98 Å². The van der Waals surface area contributed by atoms with Crippen molar-refractivity contribution in [1.29, 1.82) is 0 Å². The Morgan fingerprint density at radius 3 is 2.96 bits per heavy atom. The van der Waals surface area contributed by atoms with Crippen LogP contribution in [-0.4, -0.2) is 33.9 Å². The molecule has 0 radical (unpaired) electrons. The van der Waals surface area contributed by atoms with Gasteiger partial charge >= 0.3 is 0 Å². The first-order valence-electron chi connectivity index (χ1n) is 8.52. The van der Waals surface area contributed by atoms with Crippen LogP contribution < -0.4 is 15.8 Å². The zero-order valence-corrected chi connectivity index (χ0v) is 14.6. The zero-order valence-electron chi connectivity index (χ0n) is 14.6. The van der Waals surface area contributed by atoms with Crippen LogP contribution in [0.15, 0.2) is 29.5 Å². The first-order valence-corrected chi connectivity index (χ1v) is 8.52. The fourth-order valence-corrected chi connectivity index (χ4v) is 3.27. The van der Waals surface area contributed by atoms with E-state index < -0.39 is 0 Å². The summed E-state index contributed by atoms with van der Waals surface area (Å²) in [5.74, 6) is 0.666. The van der Waals surface area contributed by atoms with Gasteiger partial charge in [-0.2, -0.15) is 0 Å². The Hall–Kier alpha value is -2.70. The van der Waals surface area contributed by atoms with Crippen LogP contribution in [0.25, 0.3) is 0 Å². The number of carbonyl (C=O) groups excluding carboxylic acids is 1. The number of hydrogen-bond acceptors (Lipinski definition) is 5. The SMILES string of the molecule is Cc1cc(C)c(CNC(=O)C2CCCN(c3cnccn3)C2)c(=O)[nH]1. The fourth-order valence-electron chi connectivity index (χ4n) is 3.27. The zero-order chi connectivity index (χ0) is 17.8. The van der Waals surface area contributed by atoms with Gasteiger partial charge in [-0.05, 0) is 38.3 Å². The molecule has 1 fully saturated rings. The van der Waals surface area contributed by atoms with Crippen molar-refractivity contribution >= 4 is 11.7 Å². The van der Waals surface area contributed by atoms with Crippen LogP contribution in [0.3, 0.4) is 0 Å². The van der Waals surface area contributed by atoms with Gasteiger partial charge in [0.2, 0.25) is 5.91 Å². The molecule has 1 amide bonds. The van der Waals surface area contributed by atoms with Crippen LogP contribution >= 0.6 is 0 Å². The minimum Gasteiger partial charge on any atom is -0.355 e. The summed E-state index contributed by atoms with van der Waals surface area (Å²) in [5.41, 5.74) is 2.19. The molecule has 0 saturated carbocycles. The number of hydrogen-bond donors (Lipinski definition) is 2. The maximum atomic E-state index is 12.6. The van der Waals surface area contributed by atoms with Gasteiger partial charge in [0, 0.05) is 43.3 Å². The number of aromatic amines is 1. The van der Waals surface area contributed by atoms with Gasteiger partial charge in [-0.1, -0.05) is 0 Å². The molecule has 7 nitrogen and oxygen atoms in total. The summed E-state index contributed by atoms with van der Waals surface area (Å²) in [6.45, 7) is 5.48. The Bertz CT molecular complexity index is 803. The quantitative estimate of drug-likeness (QED) is 0.875. The van der Waals surface area contributed by atoms with E-state index in [1.807, 2.05) is 19.9 Å². The highest BCUT2D eigenvalue weighted by Gasteiger charge is 2.26. The van der Waals surface area contributed by atoms with Gasteiger partial charge in [0.1, 0.15) is 5.82 Å². The second-order valence-electron chi connectivity index (χ2n) is 6.51. The largest absolute Gasteiger partial charge is 0.355 e. The van der Waals surface area contributed by atoms with Gasteiger partial charge in [-0.3, -0.25) is 14.6 Å². The van der Waals surface area contributed by atoms with E-state index in [-0.39, 0.29) is 23.9 Å². The maximum Gasteiger partial charge on any atom is 0.253 e. The van der Waals surface area contributed by atoms with Gasteiger partial charge < -0.3 is 15.2 Å². The highest BCUT2D eigenvalue weighted by atomic mass is 16.2. The van der Waals surface area contributed by atoms with Gasteiger partial charge in [0.15, 0.2) is 0 Å². The van der Waals surface area contributed by atoms with Crippen LogP contribution in [0.4, 0.5) is 5.82 Å². The number of pyridine rings is 1.